The summed E-state index contributed by atoms with van der Waals surface area (Å²) in [6.07, 6.45) is 15.9. The average Bonchev–Trinajstić information content (AvgIpc) is 3.22. The molecule has 4 aliphatic rings. The zero-order valence-corrected chi connectivity index (χ0v) is 26.6. The number of benzene rings is 1. The summed E-state index contributed by atoms with van der Waals surface area (Å²) in [5.74, 6) is 4.89. The van der Waals surface area contributed by atoms with E-state index in [1.54, 1.807) is 17.0 Å². The second-order valence-corrected chi connectivity index (χ2v) is 16.9. The van der Waals surface area contributed by atoms with E-state index in [2.05, 4.69) is 71.0 Å². The molecule has 0 spiro atoms. The summed E-state index contributed by atoms with van der Waals surface area (Å²) in [5, 5.41) is 0. The Balaban J connectivity index is 1.44. The zero-order chi connectivity index (χ0) is 27.1. The van der Waals surface area contributed by atoms with Gasteiger partial charge in [-0.3, -0.25) is 0 Å². The van der Waals surface area contributed by atoms with Gasteiger partial charge in [0.2, 0.25) is 0 Å². The molecule has 210 valence electrons. The summed E-state index contributed by atoms with van der Waals surface area (Å²) in [6.45, 7) is 14.2. The molecule has 4 aliphatic carbocycles. The summed E-state index contributed by atoms with van der Waals surface area (Å²) < 4.78 is 7.31. The number of hydrogen-bond donors (Lipinski definition) is 0. The van der Waals surface area contributed by atoms with Gasteiger partial charge in [-0.05, 0) is 0 Å². The van der Waals surface area contributed by atoms with Gasteiger partial charge < -0.3 is 0 Å². The molecule has 0 bridgehead atoms. The molecule has 3 fully saturated rings. The van der Waals surface area contributed by atoms with Crippen LogP contribution in [0.15, 0.2) is 42.0 Å². The summed E-state index contributed by atoms with van der Waals surface area (Å²) in [5.41, 5.74) is 2.41. The molecule has 4 unspecified atom stereocenters. The Hall–Kier alpha value is -1.05. The second kappa shape index (κ2) is 11.4. The van der Waals surface area contributed by atoms with Crippen molar-refractivity contribution in [1.82, 2.24) is 0 Å². The van der Waals surface area contributed by atoms with Crippen molar-refractivity contribution in [3.8, 4) is 0 Å². The van der Waals surface area contributed by atoms with Crippen molar-refractivity contribution in [2.24, 2.45) is 46.3 Å². The topological polar surface area (TPSA) is 26.3 Å². The first-order chi connectivity index (χ1) is 18.1. The molecule has 0 N–H and O–H groups in total. The standard InChI is InChI=1S/C35H52O2Se/c1-23(2)11-10-12-24(3)29-15-16-30-33-31(18-20-35(29,30)6)34(5)19-17-27(37-25(4)36)21-26(34)22-32(33)38-28-13-8-7-9-14-28/h7-9,13-14,22-24,27,29-33H,10-12,15-21H2,1-6H3/t24-,27?,29-,30?,31?,32+,33?,34+,35-/m1/s1. The van der Waals surface area contributed by atoms with Gasteiger partial charge in [0.1, 0.15) is 0 Å². The van der Waals surface area contributed by atoms with Crippen molar-refractivity contribution in [1.29, 1.82) is 0 Å². The van der Waals surface area contributed by atoms with E-state index in [1.807, 2.05) is 0 Å². The van der Waals surface area contributed by atoms with Crippen molar-refractivity contribution in [3.05, 3.63) is 42.0 Å². The Morgan fingerprint density at radius 2 is 1.76 bits per heavy atom. The SMILES string of the molecule is CC(=O)OC1CC[C@@]2(C)C(=C[C@H]([Se]c3ccccc3)C3C2CC[C@@]2(C)C3CC[C@@H]2[C@H](C)CCCC(C)C)C1. The summed E-state index contributed by atoms with van der Waals surface area (Å²) >= 11 is 0.437. The van der Waals surface area contributed by atoms with Gasteiger partial charge in [-0.1, -0.05) is 0 Å². The van der Waals surface area contributed by atoms with Crippen LogP contribution in [-0.4, -0.2) is 27.0 Å². The molecule has 0 aliphatic heterocycles. The second-order valence-electron chi connectivity index (χ2n) is 14.3. The van der Waals surface area contributed by atoms with Crippen molar-refractivity contribution in [3.63, 3.8) is 0 Å². The Bertz CT molecular complexity index is 1000. The van der Waals surface area contributed by atoms with Gasteiger partial charge in [0.15, 0.2) is 0 Å². The molecule has 3 saturated carbocycles. The van der Waals surface area contributed by atoms with Gasteiger partial charge in [0.05, 0.1) is 0 Å². The van der Waals surface area contributed by atoms with E-state index in [1.165, 1.54) is 51.4 Å². The summed E-state index contributed by atoms with van der Waals surface area (Å²) in [7, 11) is 0. The van der Waals surface area contributed by atoms with Crippen molar-refractivity contribution in [2.75, 3.05) is 0 Å². The molecule has 0 aromatic heterocycles. The Kier molecular flexibility index (Phi) is 8.57. The van der Waals surface area contributed by atoms with Crippen molar-refractivity contribution < 1.29 is 9.53 Å². The van der Waals surface area contributed by atoms with E-state index in [0.29, 0.717) is 25.2 Å². The normalized spacial score (nSPS) is 39.1. The molecular weight excluding hydrogens is 531 g/mol. The first-order valence-electron chi connectivity index (χ1n) is 15.7. The van der Waals surface area contributed by atoms with Gasteiger partial charge in [0, 0.05) is 0 Å². The number of fused-ring (bicyclic) bond motifs is 5. The fourth-order valence-corrected chi connectivity index (χ4v) is 12.6. The third kappa shape index (κ3) is 5.45. The number of carbonyl (C=O) groups excluding carboxylic acids is 1. The van der Waals surface area contributed by atoms with E-state index < -0.39 is 0 Å². The molecule has 2 nitrogen and oxygen atoms in total. The van der Waals surface area contributed by atoms with E-state index >= 15 is 0 Å². The van der Waals surface area contributed by atoms with E-state index in [0.717, 1.165) is 48.3 Å². The van der Waals surface area contributed by atoms with Gasteiger partial charge >= 0.3 is 240 Å². The number of carbonyl (C=O) groups is 1. The maximum absolute atomic E-state index is 11.8. The van der Waals surface area contributed by atoms with Crippen LogP contribution in [0.3, 0.4) is 0 Å². The number of hydrogen-bond acceptors (Lipinski definition) is 2. The molecule has 0 radical (unpaired) electrons. The van der Waals surface area contributed by atoms with Crippen LogP contribution in [-0.2, 0) is 9.53 Å². The summed E-state index contributed by atoms with van der Waals surface area (Å²) in [6, 6.07) is 11.3. The van der Waals surface area contributed by atoms with E-state index in [9.17, 15) is 4.79 Å². The third-order valence-corrected chi connectivity index (χ3v) is 14.3. The van der Waals surface area contributed by atoms with Gasteiger partial charge in [-0.15, -0.1) is 0 Å². The van der Waals surface area contributed by atoms with Crippen LogP contribution < -0.4 is 4.46 Å². The van der Waals surface area contributed by atoms with E-state index in [4.69, 9.17) is 4.74 Å². The average molecular weight is 584 g/mol. The molecular formula is C35H52O2Se. The van der Waals surface area contributed by atoms with Gasteiger partial charge in [0.25, 0.3) is 0 Å². The number of allylic oxidation sites excluding steroid dienone is 1. The van der Waals surface area contributed by atoms with Crippen LogP contribution in [0, 0.1) is 46.3 Å². The van der Waals surface area contributed by atoms with E-state index in [-0.39, 0.29) is 17.5 Å². The molecule has 9 atom stereocenters. The monoisotopic (exact) mass is 584 g/mol. The molecule has 3 heteroatoms. The Morgan fingerprint density at radius 1 is 1.00 bits per heavy atom. The fraction of sp³-hybridized carbons (Fsp3) is 0.743. The van der Waals surface area contributed by atoms with Crippen LogP contribution in [0.25, 0.3) is 0 Å². The van der Waals surface area contributed by atoms with Gasteiger partial charge in [-0.25, -0.2) is 0 Å². The number of rotatable bonds is 8. The Labute approximate surface area is 239 Å². The zero-order valence-electron chi connectivity index (χ0n) is 24.9. The van der Waals surface area contributed by atoms with Crippen LogP contribution in [0.4, 0.5) is 0 Å². The molecule has 0 saturated heterocycles. The predicted molar refractivity (Wildman–Crippen MR) is 160 cm³/mol. The minimum absolute atomic E-state index is 0.0738. The van der Waals surface area contributed by atoms with Crippen LogP contribution in [0.5, 0.6) is 0 Å². The molecule has 38 heavy (non-hydrogen) atoms. The Morgan fingerprint density at radius 3 is 2.47 bits per heavy atom. The number of ether oxygens (including phenoxy) is 1. The molecule has 0 heterocycles. The number of esters is 1. The van der Waals surface area contributed by atoms with Crippen molar-refractivity contribution in [2.45, 2.75) is 117 Å². The minimum atomic E-state index is -0.120. The first-order valence-corrected chi connectivity index (χ1v) is 17.6. The maximum atomic E-state index is 11.8. The van der Waals surface area contributed by atoms with Crippen LogP contribution >= 0.6 is 0 Å². The van der Waals surface area contributed by atoms with Gasteiger partial charge in [-0.2, -0.15) is 0 Å². The molecule has 1 aromatic rings. The fourth-order valence-electron chi connectivity index (χ4n) is 9.72. The molecule has 0 amide bonds. The third-order valence-electron chi connectivity index (χ3n) is 11.6. The first kappa shape index (κ1) is 28.5. The molecule has 1 aromatic carbocycles. The predicted octanol–water partition coefficient (Wildman–Crippen LogP) is 8.39. The molecule has 5 rings (SSSR count). The van der Waals surface area contributed by atoms with Crippen LogP contribution in [0.1, 0.15) is 106 Å². The van der Waals surface area contributed by atoms with Crippen molar-refractivity contribution >= 4 is 25.4 Å². The summed E-state index contributed by atoms with van der Waals surface area (Å²) in [4.78, 5) is 12.5. The quantitative estimate of drug-likeness (QED) is 0.175. The van der Waals surface area contributed by atoms with Crippen LogP contribution in [0.2, 0.25) is 4.82 Å².